The summed E-state index contributed by atoms with van der Waals surface area (Å²) < 4.78 is 0. The van der Waals surface area contributed by atoms with E-state index in [0.717, 1.165) is 56.9 Å². The van der Waals surface area contributed by atoms with Gasteiger partial charge in [-0.3, -0.25) is 4.79 Å². The number of benzene rings is 1. The third-order valence-electron chi connectivity index (χ3n) is 5.90. The molecule has 0 unspecified atom stereocenters. The average Bonchev–Trinajstić information content (AvgIpc) is 2.66. The smallest absolute Gasteiger partial charge is 0.132 e. The van der Waals surface area contributed by atoms with Crippen molar-refractivity contribution in [1.29, 1.82) is 0 Å². The predicted octanol–water partition coefficient (Wildman–Crippen LogP) is 6.70. The second-order valence-corrected chi connectivity index (χ2v) is 8.18. The second kappa shape index (κ2) is 12.3. The maximum Gasteiger partial charge on any atom is 0.132 e. The molecule has 26 heavy (non-hydrogen) atoms. The quantitative estimate of drug-likeness (QED) is 0.606. The molecule has 1 N–H and O–H groups in total. The summed E-state index contributed by atoms with van der Waals surface area (Å²) in [6.07, 6.45) is 17.2. The normalized spacial score (nSPS) is 22.3. The van der Waals surface area contributed by atoms with Crippen LogP contribution in [-0.2, 0) is 10.4 Å². The second-order valence-electron chi connectivity index (χ2n) is 8.18. The Kier molecular flexibility index (Phi) is 9.99. The molecule has 0 heterocycles. The molecule has 1 aliphatic rings. The van der Waals surface area contributed by atoms with Gasteiger partial charge >= 0.3 is 0 Å². The number of hydrogen-bond acceptors (Lipinski definition) is 2. The van der Waals surface area contributed by atoms with Gasteiger partial charge in [0, 0.05) is 12.8 Å². The van der Waals surface area contributed by atoms with Crippen LogP contribution in [0.1, 0.15) is 108 Å². The minimum Gasteiger partial charge on any atom is -0.385 e. The fraction of sp³-hybridized carbons (Fsp3) is 0.708. The van der Waals surface area contributed by atoms with Crippen molar-refractivity contribution in [3.63, 3.8) is 0 Å². The van der Waals surface area contributed by atoms with Crippen molar-refractivity contribution in [2.24, 2.45) is 0 Å². The summed E-state index contributed by atoms with van der Waals surface area (Å²) in [6, 6.07) is 10.3. The number of rotatable bonds is 1. The van der Waals surface area contributed by atoms with Gasteiger partial charge in [0.15, 0.2) is 0 Å². The van der Waals surface area contributed by atoms with Gasteiger partial charge in [-0.1, -0.05) is 94.5 Å². The molecule has 146 valence electrons. The van der Waals surface area contributed by atoms with Gasteiger partial charge in [0.05, 0.1) is 5.60 Å². The highest BCUT2D eigenvalue weighted by atomic mass is 16.3. The third kappa shape index (κ3) is 8.03. The Bertz CT molecular complexity index is 472. The van der Waals surface area contributed by atoms with E-state index in [2.05, 4.69) is 12.1 Å². The first-order valence-electron chi connectivity index (χ1n) is 11.0. The molecule has 0 spiro atoms. The van der Waals surface area contributed by atoms with Crippen LogP contribution in [0.4, 0.5) is 0 Å². The molecule has 2 rings (SSSR count). The van der Waals surface area contributed by atoms with Crippen molar-refractivity contribution in [2.45, 2.75) is 108 Å². The monoisotopic (exact) mass is 358 g/mol. The van der Waals surface area contributed by atoms with E-state index in [1.807, 2.05) is 18.2 Å². The molecule has 1 aromatic carbocycles. The maximum absolute atomic E-state index is 11.9. The van der Waals surface area contributed by atoms with Gasteiger partial charge in [0.25, 0.3) is 0 Å². The maximum atomic E-state index is 11.9. The first-order chi connectivity index (χ1) is 12.7. The molecule has 0 atom stereocenters. The highest BCUT2D eigenvalue weighted by molar-refractivity contribution is 5.78. The van der Waals surface area contributed by atoms with Crippen LogP contribution in [0.5, 0.6) is 0 Å². The summed E-state index contributed by atoms with van der Waals surface area (Å²) in [5.74, 6) is 0.471. The van der Waals surface area contributed by atoms with Crippen molar-refractivity contribution in [2.75, 3.05) is 0 Å². The van der Waals surface area contributed by atoms with E-state index in [9.17, 15) is 9.90 Å². The van der Waals surface area contributed by atoms with Crippen LogP contribution in [0, 0.1) is 0 Å². The van der Waals surface area contributed by atoms with Gasteiger partial charge in [0.2, 0.25) is 0 Å². The fourth-order valence-corrected chi connectivity index (χ4v) is 4.18. The van der Waals surface area contributed by atoms with E-state index >= 15 is 0 Å². The highest BCUT2D eigenvalue weighted by Gasteiger charge is 2.27. The largest absolute Gasteiger partial charge is 0.385 e. The Morgan fingerprint density at radius 3 is 1.54 bits per heavy atom. The Morgan fingerprint density at radius 2 is 1.04 bits per heavy atom. The van der Waals surface area contributed by atoms with Gasteiger partial charge in [-0.2, -0.15) is 0 Å². The van der Waals surface area contributed by atoms with Crippen molar-refractivity contribution < 1.29 is 9.90 Å². The van der Waals surface area contributed by atoms with E-state index in [0.29, 0.717) is 5.78 Å². The molecule has 0 aromatic heterocycles. The lowest BCUT2D eigenvalue weighted by molar-refractivity contribution is -0.119. The lowest BCUT2D eigenvalue weighted by Crippen LogP contribution is -2.25. The number of carbonyl (C=O) groups is 1. The minimum atomic E-state index is -0.654. The van der Waals surface area contributed by atoms with E-state index in [4.69, 9.17) is 0 Å². The molecule has 0 bridgehead atoms. The number of aliphatic hydroxyl groups is 1. The molecule has 1 saturated carbocycles. The zero-order valence-corrected chi connectivity index (χ0v) is 16.6. The van der Waals surface area contributed by atoms with Crippen LogP contribution < -0.4 is 0 Å². The van der Waals surface area contributed by atoms with Gasteiger partial charge in [0.1, 0.15) is 5.78 Å². The molecule has 1 aliphatic carbocycles. The molecule has 0 aliphatic heterocycles. The third-order valence-corrected chi connectivity index (χ3v) is 5.90. The lowest BCUT2D eigenvalue weighted by atomic mass is 9.83. The van der Waals surface area contributed by atoms with Crippen molar-refractivity contribution in [3.8, 4) is 0 Å². The molecule has 0 radical (unpaired) electrons. The van der Waals surface area contributed by atoms with E-state index in [-0.39, 0.29) is 0 Å². The van der Waals surface area contributed by atoms with E-state index in [1.165, 1.54) is 51.4 Å². The van der Waals surface area contributed by atoms with Gasteiger partial charge in [-0.05, 0) is 31.2 Å². The number of hydrogen-bond donors (Lipinski definition) is 1. The van der Waals surface area contributed by atoms with E-state index in [1.54, 1.807) is 0 Å². The summed E-state index contributed by atoms with van der Waals surface area (Å²) in [6.45, 7) is 0. The zero-order valence-electron chi connectivity index (χ0n) is 16.6. The van der Waals surface area contributed by atoms with Crippen molar-refractivity contribution >= 4 is 5.78 Å². The van der Waals surface area contributed by atoms with Crippen LogP contribution >= 0.6 is 0 Å². The number of ketones is 1. The molecule has 2 nitrogen and oxygen atoms in total. The highest BCUT2D eigenvalue weighted by Crippen LogP contribution is 2.33. The number of carbonyl (C=O) groups excluding carboxylic acids is 1. The van der Waals surface area contributed by atoms with Crippen LogP contribution in [0.2, 0.25) is 0 Å². The van der Waals surface area contributed by atoms with E-state index < -0.39 is 5.60 Å². The Morgan fingerprint density at radius 1 is 0.615 bits per heavy atom. The molecule has 0 amide bonds. The van der Waals surface area contributed by atoms with Crippen LogP contribution in [0.15, 0.2) is 30.3 Å². The van der Waals surface area contributed by atoms with Crippen molar-refractivity contribution in [1.82, 2.24) is 0 Å². The Balaban J connectivity index is 1.87. The first kappa shape index (κ1) is 21.2. The van der Waals surface area contributed by atoms with Gasteiger partial charge < -0.3 is 5.11 Å². The van der Waals surface area contributed by atoms with Crippen molar-refractivity contribution in [3.05, 3.63) is 35.9 Å². The molecule has 2 heteroatoms. The van der Waals surface area contributed by atoms with Crippen LogP contribution in [-0.4, -0.2) is 10.9 Å². The topological polar surface area (TPSA) is 37.3 Å². The SMILES string of the molecule is O=C1CCCCCCCCC(O)(c2ccccc2)CCCCCCCC1. The Labute approximate surface area is 160 Å². The molecule has 1 aromatic rings. The summed E-state index contributed by atoms with van der Waals surface area (Å²) in [7, 11) is 0. The first-order valence-corrected chi connectivity index (χ1v) is 11.0. The Hall–Kier alpha value is -1.15. The number of Topliss-reactive ketones (excluding diaryl/α,β-unsaturated/α-hetero) is 1. The average molecular weight is 359 g/mol. The zero-order chi connectivity index (χ0) is 18.5. The van der Waals surface area contributed by atoms with Gasteiger partial charge in [-0.15, -0.1) is 0 Å². The summed E-state index contributed by atoms with van der Waals surface area (Å²) >= 11 is 0. The summed E-state index contributed by atoms with van der Waals surface area (Å²) in [5.41, 5.74) is 0.437. The van der Waals surface area contributed by atoms with Crippen LogP contribution in [0.3, 0.4) is 0 Å². The summed E-state index contributed by atoms with van der Waals surface area (Å²) in [4.78, 5) is 11.9. The standard InChI is InChI=1S/C24H38O2/c25-23-18-12-5-1-3-7-14-20-24(26,22-16-10-9-11-17-22)21-15-8-4-2-6-13-19-23/h9-11,16-17,26H,1-8,12-15,18-21H2. The fourth-order valence-electron chi connectivity index (χ4n) is 4.18. The van der Waals surface area contributed by atoms with Gasteiger partial charge in [-0.25, -0.2) is 0 Å². The molecular weight excluding hydrogens is 320 g/mol. The summed E-state index contributed by atoms with van der Waals surface area (Å²) in [5, 5.41) is 11.3. The minimum absolute atomic E-state index is 0.471. The molecule has 0 saturated heterocycles. The predicted molar refractivity (Wildman–Crippen MR) is 109 cm³/mol. The van der Waals surface area contributed by atoms with Crippen LogP contribution in [0.25, 0.3) is 0 Å². The molecular formula is C24H38O2. The molecule has 1 fully saturated rings. The lowest BCUT2D eigenvalue weighted by Gasteiger charge is -2.29.